The molecule has 3 nitrogen and oxygen atoms in total. The summed E-state index contributed by atoms with van der Waals surface area (Å²) in [6.45, 7) is 3.01. The van der Waals surface area contributed by atoms with Crippen LogP contribution >= 0.6 is 0 Å². The number of carbonyl (C=O) groups is 1. The van der Waals surface area contributed by atoms with E-state index in [0.29, 0.717) is 11.7 Å². The van der Waals surface area contributed by atoms with E-state index in [-0.39, 0.29) is 5.41 Å². The van der Waals surface area contributed by atoms with Crippen molar-refractivity contribution in [2.75, 3.05) is 33.7 Å². The van der Waals surface area contributed by atoms with Crippen LogP contribution in [0.4, 0.5) is 0 Å². The first-order valence-corrected chi connectivity index (χ1v) is 6.05. The van der Waals surface area contributed by atoms with Crippen LogP contribution in [0, 0.1) is 11.3 Å². The van der Waals surface area contributed by atoms with Crippen LogP contribution < -0.4 is 5.32 Å². The molecule has 0 amide bonds. The second-order valence-electron chi connectivity index (χ2n) is 5.28. The zero-order valence-corrected chi connectivity index (χ0v) is 9.88. The van der Waals surface area contributed by atoms with Gasteiger partial charge in [-0.3, -0.25) is 4.79 Å². The predicted molar refractivity (Wildman–Crippen MR) is 60.8 cm³/mol. The Kier molecular flexibility index (Phi) is 3.12. The van der Waals surface area contributed by atoms with Gasteiger partial charge in [-0.1, -0.05) is 0 Å². The van der Waals surface area contributed by atoms with Crippen molar-refractivity contribution >= 4 is 5.78 Å². The molecule has 1 aliphatic carbocycles. The average molecular weight is 210 g/mol. The lowest BCUT2D eigenvalue weighted by atomic mass is 9.85. The van der Waals surface area contributed by atoms with E-state index in [1.807, 2.05) is 7.05 Å². The third-order valence-electron chi connectivity index (χ3n) is 3.89. The number of ketones is 1. The Morgan fingerprint density at radius 3 is 2.80 bits per heavy atom. The smallest absolute Gasteiger partial charge is 0.144 e. The van der Waals surface area contributed by atoms with Gasteiger partial charge in [0.05, 0.1) is 0 Å². The molecule has 0 bridgehead atoms. The highest BCUT2D eigenvalue weighted by Crippen LogP contribution is 2.48. The average Bonchev–Trinajstić information content (AvgIpc) is 2.98. The van der Waals surface area contributed by atoms with Gasteiger partial charge in [-0.15, -0.1) is 0 Å². The van der Waals surface area contributed by atoms with Crippen LogP contribution in [-0.2, 0) is 4.79 Å². The minimum Gasteiger partial charge on any atom is -0.319 e. The van der Waals surface area contributed by atoms with Crippen LogP contribution in [0.25, 0.3) is 0 Å². The van der Waals surface area contributed by atoms with Crippen molar-refractivity contribution < 1.29 is 4.79 Å². The molecule has 2 aliphatic rings. The van der Waals surface area contributed by atoms with E-state index in [4.69, 9.17) is 0 Å². The van der Waals surface area contributed by atoms with Gasteiger partial charge in [0, 0.05) is 24.4 Å². The molecule has 15 heavy (non-hydrogen) atoms. The summed E-state index contributed by atoms with van der Waals surface area (Å²) in [5.74, 6) is 0.836. The molecule has 0 aromatic carbocycles. The Labute approximate surface area is 92.2 Å². The number of hydrogen-bond donors (Lipinski definition) is 1. The molecule has 0 radical (unpaired) electrons. The van der Waals surface area contributed by atoms with Gasteiger partial charge in [-0.2, -0.15) is 0 Å². The number of likely N-dealkylation sites (tertiary alicyclic amines) is 1. The molecule has 1 aliphatic heterocycles. The van der Waals surface area contributed by atoms with E-state index < -0.39 is 0 Å². The Balaban J connectivity index is 1.95. The summed E-state index contributed by atoms with van der Waals surface area (Å²) < 4.78 is 0. The van der Waals surface area contributed by atoms with Crippen LogP contribution in [0.5, 0.6) is 0 Å². The minimum absolute atomic E-state index is 0.0254. The van der Waals surface area contributed by atoms with Crippen molar-refractivity contribution in [2.45, 2.75) is 25.7 Å². The van der Waals surface area contributed by atoms with Crippen molar-refractivity contribution in [3.8, 4) is 0 Å². The van der Waals surface area contributed by atoms with Crippen LogP contribution in [0.1, 0.15) is 25.7 Å². The molecule has 3 heteroatoms. The van der Waals surface area contributed by atoms with Crippen LogP contribution in [0.15, 0.2) is 0 Å². The molecule has 2 rings (SSSR count). The van der Waals surface area contributed by atoms with Gasteiger partial charge in [-0.05, 0) is 46.3 Å². The number of piperidine rings is 1. The lowest BCUT2D eigenvalue weighted by molar-refractivity contribution is -0.129. The monoisotopic (exact) mass is 210 g/mol. The summed E-state index contributed by atoms with van der Waals surface area (Å²) in [7, 11) is 4.07. The number of rotatable bonds is 4. The van der Waals surface area contributed by atoms with E-state index in [1.165, 1.54) is 6.42 Å². The van der Waals surface area contributed by atoms with E-state index in [9.17, 15) is 4.79 Å². The lowest BCUT2D eigenvalue weighted by Crippen LogP contribution is -2.41. The summed E-state index contributed by atoms with van der Waals surface area (Å²) in [6, 6.07) is 0. The number of hydrogen-bond acceptors (Lipinski definition) is 3. The zero-order chi connectivity index (χ0) is 10.9. The summed E-state index contributed by atoms with van der Waals surface area (Å²) in [5.41, 5.74) is 0.0254. The van der Waals surface area contributed by atoms with Gasteiger partial charge in [-0.25, -0.2) is 0 Å². The van der Waals surface area contributed by atoms with Gasteiger partial charge in [0.1, 0.15) is 5.78 Å². The fourth-order valence-electron chi connectivity index (χ4n) is 2.81. The largest absolute Gasteiger partial charge is 0.319 e. The van der Waals surface area contributed by atoms with Gasteiger partial charge >= 0.3 is 0 Å². The molecule has 0 aromatic rings. The molecule has 1 unspecified atom stereocenters. The third kappa shape index (κ3) is 2.23. The highest BCUT2D eigenvalue weighted by molar-refractivity contribution is 5.90. The maximum atomic E-state index is 12.4. The molecule has 1 saturated carbocycles. The normalized spacial score (nSPS) is 30.1. The van der Waals surface area contributed by atoms with Crippen molar-refractivity contribution in [1.82, 2.24) is 10.2 Å². The number of carbonyl (C=O) groups excluding carboxylic acids is 1. The molecule has 1 heterocycles. The Bertz CT molecular complexity index is 248. The van der Waals surface area contributed by atoms with E-state index >= 15 is 0 Å². The Morgan fingerprint density at radius 1 is 1.53 bits per heavy atom. The van der Waals surface area contributed by atoms with E-state index in [2.05, 4.69) is 17.3 Å². The molecule has 1 atom stereocenters. The molecule has 2 fully saturated rings. The topological polar surface area (TPSA) is 32.3 Å². The second-order valence-corrected chi connectivity index (χ2v) is 5.28. The summed E-state index contributed by atoms with van der Waals surface area (Å²) >= 11 is 0. The first-order chi connectivity index (χ1) is 7.18. The summed E-state index contributed by atoms with van der Waals surface area (Å²) in [4.78, 5) is 14.6. The summed E-state index contributed by atoms with van der Waals surface area (Å²) in [5, 5.41) is 3.17. The number of nitrogens with one attached hydrogen (secondary N) is 1. The first-order valence-electron chi connectivity index (χ1n) is 6.05. The predicted octanol–water partition coefficient (Wildman–Crippen LogP) is 0.897. The highest BCUT2D eigenvalue weighted by Gasteiger charge is 2.51. The highest BCUT2D eigenvalue weighted by atomic mass is 16.1. The maximum Gasteiger partial charge on any atom is 0.144 e. The molecule has 86 valence electrons. The van der Waals surface area contributed by atoms with Crippen molar-refractivity contribution in [3.63, 3.8) is 0 Å². The minimum atomic E-state index is 0.0254. The molecular formula is C12H22N2O. The van der Waals surface area contributed by atoms with Gasteiger partial charge < -0.3 is 10.2 Å². The molecule has 1 saturated heterocycles. The SMILES string of the molecule is CNCC1(C(=O)C2CCCN(C)C2)CC1. The van der Waals surface area contributed by atoms with Gasteiger partial charge in [0.2, 0.25) is 0 Å². The number of nitrogens with zero attached hydrogens (tertiary/aromatic N) is 1. The van der Waals surface area contributed by atoms with Crippen molar-refractivity contribution in [3.05, 3.63) is 0 Å². The second kappa shape index (κ2) is 4.22. The van der Waals surface area contributed by atoms with Crippen LogP contribution in [-0.4, -0.2) is 44.4 Å². The molecular weight excluding hydrogens is 188 g/mol. The van der Waals surface area contributed by atoms with Gasteiger partial charge in [0.25, 0.3) is 0 Å². The fourth-order valence-corrected chi connectivity index (χ4v) is 2.81. The van der Waals surface area contributed by atoms with Crippen LogP contribution in [0.2, 0.25) is 0 Å². The maximum absolute atomic E-state index is 12.4. The first kappa shape index (κ1) is 11.1. The summed E-state index contributed by atoms with van der Waals surface area (Å²) in [6.07, 6.45) is 4.50. The van der Waals surface area contributed by atoms with Crippen molar-refractivity contribution in [1.29, 1.82) is 0 Å². The van der Waals surface area contributed by atoms with E-state index in [1.54, 1.807) is 0 Å². The Morgan fingerprint density at radius 2 is 2.27 bits per heavy atom. The fraction of sp³-hybridized carbons (Fsp3) is 0.917. The van der Waals surface area contributed by atoms with Crippen LogP contribution in [0.3, 0.4) is 0 Å². The van der Waals surface area contributed by atoms with E-state index in [0.717, 1.165) is 38.9 Å². The van der Waals surface area contributed by atoms with Crippen molar-refractivity contribution in [2.24, 2.45) is 11.3 Å². The molecule has 0 aromatic heterocycles. The third-order valence-corrected chi connectivity index (χ3v) is 3.89. The zero-order valence-electron chi connectivity index (χ0n) is 9.88. The van der Waals surface area contributed by atoms with Gasteiger partial charge in [0.15, 0.2) is 0 Å². The quantitative estimate of drug-likeness (QED) is 0.748. The molecule has 0 spiro atoms. The standard InChI is InChI=1S/C12H22N2O/c1-13-9-12(5-6-12)11(15)10-4-3-7-14(2)8-10/h10,13H,3-9H2,1-2H3. The molecule has 1 N–H and O–H groups in total. The Hall–Kier alpha value is -0.410. The number of Topliss-reactive ketones (excluding diaryl/α,β-unsaturated/α-hetero) is 1. The lowest BCUT2D eigenvalue weighted by Gasteiger charge is -2.31.